The molecule has 0 saturated heterocycles. The van der Waals surface area contributed by atoms with E-state index in [2.05, 4.69) is 21.9 Å². The van der Waals surface area contributed by atoms with Gasteiger partial charge < -0.3 is 20.5 Å². The molecule has 0 aliphatic heterocycles. The van der Waals surface area contributed by atoms with E-state index in [1.165, 1.54) is 13.2 Å². The van der Waals surface area contributed by atoms with E-state index < -0.39 is 30.1 Å². The van der Waals surface area contributed by atoms with Crippen LogP contribution in [0, 0.1) is 5.92 Å². The number of nitrogens with one attached hydrogen (secondary N) is 2. The number of esters is 1. The lowest BCUT2D eigenvalue weighted by Crippen LogP contribution is -2.51. The van der Waals surface area contributed by atoms with Crippen molar-refractivity contribution in [1.82, 2.24) is 10.6 Å². The zero-order valence-electron chi connectivity index (χ0n) is 12.0. The smallest absolute Gasteiger partial charge is 0.328 e. The molecule has 0 aliphatic carbocycles. The first-order chi connectivity index (χ1) is 9.31. The highest BCUT2D eigenvalue weighted by Crippen LogP contribution is 2.06. The van der Waals surface area contributed by atoms with Gasteiger partial charge in [0, 0.05) is 0 Å². The van der Waals surface area contributed by atoms with Crippen LogP contribution in [0.1, 0.15) is 26.7 Å². The second kappa shape index (κ2) is 8.95. The first-order valence-corrected chi connectivity index (χ1v) is 6.30. The topological polar surface area (TPSA) is 105 Å². The highest BCUT2D eigenvalue weighted by molar-refractivity contribution is 5.86. The summed E-state index contributed by atoms with van der Waals surface area (Å²) in [5, 5.41) is 13.6. The van der Waals surface area contributed by atoms with Gasteiger partial charge in [-0.25, -0.2) is 14.4 Å². The van der Waals surface area contributed by atoms with Crippen LogP contribution < -0.4 is 10.6 Å². The first kappa shape index (κ1) is 17.9. The normalized spacial score (nSPS) is 13.2. The van der Waals surface area contributed by atoms with E-state index in [4.69, 9.17) is 5.11 Å². The molecule has 2 amide bonds. The average Bonchev–Trinajstić information content (AvgIpc) is 2.35. The third kappa shape index (κ3) is 6.77. The fourth-order valence-electron chi connectivity index (χ4n) is 1.57. The van der Waals surface area contributed by atoms with E-state index in [-0.39, 0.29) is 12.3 Å². The van der Waals surface area contributed by atoms with Crippen LogP contribution >= 0.6 is 0 Å². The fraction of sp³-hybridized carbons (Fsp3) is 0.615. The molecule has 0 aromatic carbocycles. The monoisotopic (exact) mass is 286 g/mol. The highest BCUT2D eigenvalue weighted by Gasteiger charge is 2.25. The van der Waals surface area contributed by atoms with Crippen molar-refractivity contribution in [3.8, 4) is 0 Å². The second-order valence-electron chi connectivity index (χ2n) is 4.74. The number of aliphatic carboxylic acids is 1. The maximum absolute atomic E-state index is 11.7. The molecule has 7 heteroatoms. The number of carboxylic acid groups (broad SMARTS) is 1. The van der Waals surface area contributed by atoms with Crippen LogP contribution in [-0.2, 0) is 14.3 Å². The van der Waals surface area contributed by atoms with Crippen LogP contribution in [0.25, 0.3) is 0 Å². The molecule has 114 valence electrons. The number of amides is 2. The van der Waals surface area contributed by atoms with Crippen LogP contribution in [0.3, 0.4) is 0 Å². The molecule has 0 aromatic rings. The van der Waals surface area contributed by atoms with Gasteiger partial charge in [0.1, 0.15) is 12.1 Å². The SMILES string of the molecule is C=CCC(NC(=O)NC(CC(C)C)C(=O)OC)C(=O)O. The van der Waals surface area contributed by atoms with E-state index in [0.29, 0.717) is 6.42 Å². The predicted octanol–water partition coefficient (Wildman–Crippen LogP) is 0.903. The van der Waals surface area contributed by atoms with Crippen LogP contribution in [0.5, 0.6) is 0 Å². The number of carbonyl (C=O) groups excluding carboxylic acids is 2. The molecule has 0 aromatic heterocycles. The van der Waals surface area contributed by atoms with Crippen molar-refractivity contribution in [2.24, 2.45) is 5.92 Å². The summed E-state index contributed by atoms with van der Waals surface area (Å²) in [6.45, 7) is 7.22. The van der Waals surface area contributed by atoms with Crippen molar-refractivity contribution in [1.29, 1.82) is 0 Å². The van der Waals surface area contributed by atoms with Crippen molar-refractivity contribution >= 4 is 18.0 Å². The quantitative estimate of drug-likeness (QED) is 0.454. The maximum Gasteiger partial charge on any atom is 0.328 e. The molecule has 3 N–H and O–H groups in total. The Morgan fingerprint density at radius 2 is 1.80 bits per heavy atom. The Labute approximate surface area is 118 Å². The summed E-state index contributed by atoms with van der Waals surface area (Å²) < 4.78 is 4.60. The van der Waals surface area contributed by atoms with Gasteiger partial charge >= 0.3 is 18.0 Å². The Morgan fingerprint density at radius 3 is 2.20 bits per heavy atom. The van der Waals surface area contributed by atoms with Gasteiger partial charge in [0.2, 0.25) is 0 Å². The highest BCUT2D eigenvalue weighted by atomic mass is 16.5. The van der Waals surface area contributed by atoms with Crippen molar-refractivity contribution in [3.05, 3.63) is 12.7 Å². The largest absolute Gasteiger partial charge is 0.480 e. The lowest BCUT2D eigenvalue weighted by molar-refractivity contribution is -0.143. The minimum Gasteiger partial charge on any atom is -0.480 e. The molecular weight excluding hydrogens is 264 g/mol. The summed E-state index contributed by atoms with van der Waals surface area (Å²) in [5.74, 6) is -1.56. The number of methoxy groups -OCH3 is 1. The van der Waals surface area contributed by atoms with Gasteiger partial charge in [0.05, 0.1) is 7.11 Å². The van der Waals surface area contributed by atoms with E-state index in [1.54, 1.807) is 0 Å². The Balaban J connectivity index is 4.62. The Bertz CT molecular complexity index is 368. The molecule has 0 spiro atoms. The predicted molar refractivity (Wildman–Crippen MR) is 73.2 cm³/mol. The number of carbonyl (C=O) groups is 3. The van der Waals surface area contributed by atoms with Crippen LogP contribution in [0.4, 0.5) is 4.79 Å². The van der Waals surface area contributed by atoms with Crippen molar-refractivity contribution < 1.29 is 24.2 Å². The fourth-order valence-corrected chi connectivity index (χ4v) is 1.57. The van der Waals surface area contributed by atoms with Gasteiger partial charge in [-0.2, -0.15) is 0 Å². The number of hydrogen-bond acceptors (Lipinski definition) is 4. The minimum absolute atomic E-state index is 0.0931. The molecule has 0 saturated carbocycles. The Kier molecular flexibility index (Phi) is 8.03. The molecule has 2 atom stereocenters. The van der Waals surface area contributed by atoms with E-state index >= 15 is 0 Å². The van der Waals surface area contributed by atoms with Gasteiger partial charge in [0.25, 0.3) is 0 Å². The molecule has 0 radical (unpaired) electrons. The summed E-state index contributed by atoms with van der Waals surface area (Å²) in [4.78, 5) is 34.1. The number of hydrogen-bond donors (Lipinski definition) is 3. The number of ether oxygens (including phenoxy) is 1. The Morgan fingerprint density at radius 1 is 1.25 bits per heavy atom. The van der Waals surface area contributed by atoms with Crippen LogP contribution in [0.15, 0.2) is 12.7 Å². The standard InChI is InChI=1S/C13H22N2O5/c1-5-6-9(11(16)17)14-13(19)15-10(7-8(2)3)12(18)20-4/h5,8-10H,1,6-7H2,2-4H3,(H,16,17)(H2,14,15,19). The van der Waals surface area contributed by atoms with E-state index in [0.717, 1.165) is 0 Å². The molecule has 0 aliphatic rings. The van der Waals surface area contributed by atoms with Crippen molar-refractivity contribution in [2.45, 2.75) is 38.8 Å². The van der Waals surface area contributed by atoms with Gasteiger partial charge in [-0.3, -0.25) is 0 Å². The number of urea groups is 1. The minimum atomic E-state index is -1.17. The molecule has 2 unspecified atom stereocenters. The van der Waals surface area contributed by atoms with Gasteiger partial charge in [-0.15, -0.1) is 6.58 Å². The summed E-state index contributed by atoms with van der Waals surface area (Å²) in [5.41, 5.74) is 0. The maximum atomic E-state index is 11.7. The number of carboxylic acids is 1. The van der Waals surface area contributed by atoms with Crippen LogP contribution in [-0.4, -0.2) is 42.3 Å². The first-order valence-electron chi connectivity index (χ1n) is 6.30. The molecule has 20 heavy (non-hydrogen) atoms. The molecule has 7 nitrogen and oxygen atoms in total. The van der Waals surface area contributed by atoms with Gasteiger partial charge in [-0.1, -0.05) is 19.9 Å². The summed E-state index contributed by atoms with van der Waals surface area (Å²) >= 11 is 0. The van der Waals surface area contributed by atoms with Crippen LogP contribution in [0.2, 0.25) is 0 Å². The average molecular weight is 286 g/mol. The zero-order chi connectivity index (χ0) is 15.7. The van der Waals surface area contributed by atoms with Crippen molar-refractivity contribution in [3.63, 3.8) is 0 Å². The third-order valence-electron chi connectivity index (χ3n) is 2.50. The Hall–Kier alpha value is -2.05. The molecular formula is C13H22N2O5. The number of rotatable bonds is 8. The summed E-state index contributed by atoms with van der Waals surface area (Å²) in [6.07, 6.45) is 1.89. The second-order valence-corrected chi connectivity index (χ2v) is 4.74. The lowest BCUT2D eigenvalue weighted by Gasteiger charge is -2.20. The molecule has 0 heterocycles. The third-order valence-corrected chi connectivity index (χ3v) is 2.50. The van der Waals surface area contributed by atoms with Gasteiger partial charge in [-0.05, 0) is 18.8 Å². The van der Waals surface area contributed by atoms with E-state index in [9.17, 15) is 14.4 Å². The summed E-state index contributed by atoms with van der Waals surface area (Å²) in [7, 11) is 1.23. The molecule has 0 bridgehead atoms. The van der Waals surface area contributed by atoms with E-state index in [1.807, 2.05) is 13.8 Å². The lowest BCUT2D eigenvalue weighted by atomic mass is 10.0. The molecule has 0 rings (SSSR count). The molecule has 0 fully saturated rings. The summed E-state index contributed by atoms with van der Waals surface area (Å²) in [6, 6.07) is -2.61. The van der Waals surface area contributed by atoms with Gasteiger partial charge in [0.15, 0.2) is 0 Å². The van der Waals surface area contributed by atoms with Crippen molar-refractivity contribution in [2.75, 3.05) is 7.11 Å². The zero-order valence-corrected chi connectivity index (χ0v) is 12.0.